The molecule has 1 amide bonds. The molecule has 6 nitrogen and oxygen atoms in total. The monoisotopic (exact) mass is 393 g/mol. The normalized spacial score (nSPS) is 12.3. The highest BCUT2D eigenvalue weighted by atomic mass is 32.2. The Balaban J connectivity index is 1.65. The van der Waals surface area contributed by atoms with E-state index >= 15 is 0 Å². The SMILES string of the molecule is CSCC[C@H](NC(=O)c1cc2ccccc2oc1=O)c1nc2ccccc2[nH]1. The first-order valence-electron chi connectivity index (χ1n) is 8.93. The van der Waals surface area contributed by atoms with Crippen LogP contribution in [0, 0.1) is 0 Å². The summed E-state index contributed by atoms with van der Waals surface area (Å²) in [5.74, 6) is 1.05. The van der Waals surface area contributed by atoms with Gasteiger partial charge >= 0.3 is 5.63 Å². The summed E-state index contributed by atoms with van der Waals surface area (Å²) in [5.41, 5.74) is 1.55. The van der Waals surface area contributed by atoms with Crippen molar-refractivity contribution in [3.63, 3.8) is 0 Å². The van der Waals surface area contributed by atoms with Crippen LogP contribution in [0.1, 0.15) is 28.6 Å². The molecule has 0 aliphatic rings. The Hall–Kier alpha value is -3.06. The maximum absolute atomic E-state index is 12.9. The van der Waals surface area contributed by atoms with E-state index in [2.05, 4.69) is 15.3 Å². The lowest BCUT2D eigenvalue weighted by atomic mass is 10.1. The number of carbonyl (C=O) groups is 1. The van der Waals surface area contributed by atoms with Gasteiger partial charge in [0.15, 0.2) is 0 Å². The summed E-state index contributed by atoms with van der Waals surface area (Å²) >= 11 is 1.69. The number of benzene rings is 2. The molecule has 2 aromatic heterocycles. The number of nitrogens with zero attached hydrogens (tertiary/aromatic N) is 1. The molecule has 28 heavy (non-hydrogen) atoms. The highest BCUT2D eigenvalue weighted by molar-refractivity contribution is 7.98. The third-order valence-electron chi connectivity index (χ3n) is 4.54. The molecule has 4 rings (SSSR count). The van der Waals surface area contributed by atoms with Gasteiger partial charge in [-0.2, -0.15) is 11.8 Å². The van der Waals surface area contributed by atoms with E-state index in [1.54, 1.807) is 36.0 Å². The summed E-state index contributed by atoms with van der Waals surface area (Å²) in [6.07, 6.45) is 2.70. The van der Waals surface area contributed by atoms with Crippen molar-refractivity contribution in [1.29, 1.82) is 0 Å². The first-order valence-corrected chi connectivity index (χ1v) is 10.3. The highest BCUT2D eigenvalue weighted by Gasteiger charge is 2.21. The van der Waals surface area contributed by atoms with Crippen LogP contribution in [0.15, 0.2) is 63.8 Å². The molecule has 4 aromatic rings. The summed E-state index contributed by atoms with van der Waals surface area (Å²) in [4.78, 5) is 33.0. The lowest BCUT2D eigenvalue weighted by Gasteiger charge is -2.16. The molecule has 0 saturated carbocycles. The fourth-order valence-electron chi connectivity index (χ4n) is 3.11. The number of amides is 1. The van der Waals surface area contributed by atoms with Crippen molar-refractivity contribution < 1.29 is 9.21 Å². The number of nitrogens with one attached hydrogen (secondary N) is 2. The molecule has 2 N–H and O–H groups in total. The van der Waals surface area contributed by atoms with Gasteiger partial charge in [-0.25, -0.2) is 9.78 Å². The number of carbonyl (C=O) groups excluding carboxylic acids is 1. The number of thioether (sulfide) groups is 1. The van der Waals surface area contributed by atoms with Gasteiger partial charge in [0.25, 0.3) is 5.91 Å². The predicted octanol–water partition coefficient (Wildman–Crippen LogP) is 3.89. The molecule has 0 spiro atoms. The number of aromatic amines is 1. The van der Waals surface area contributed by atoms with Gasteiger partial charge in [-0.15, -0.1) is 0 Å². The Morgan fingerprint density at radius 3 is 2.82 bits per heavy atom. The quantitative estimate of drug-likeness (QED) is 0.485. The van der Waals surface area contributed by atoms with Crippen LogP contribution in [0.25, 0.3) is 22.0 Å². The van der Waals surface area contributed by atoms with E-state index in [4.69, 9.17) is 4.42 Å². The molecule has 0 fully saturated rings. The van der Waals surface area contributed by atoms with Gasteiger partial charge in [-0.3, -0.25) is 4.79 Å². The zero-order chi connectivity index (χ0) is 19.5. The van der Waals surface area contributed by atoms with Gasteiger partial charge in [0, 0.05) is 5.39 Å². The maximum atomic E-state index is 12.9. The van der Waals surface area contributed by atoms with E-state index in [0.717, 1.165) is 16.8 Å². The van der Waals surface area contributed by atoms with Crippen LogP contribution in [0.2, 0.25) is 0 Å². The molecule has 0 saturated heterocycles. The van der Waals surface area contributed by atoms with Crippen LogP contribution in [-0.2, 0) is 0 Å². The molecule has 2 aromatic carbocycles. The molecular formula is C21H19N3O3S. The van der Waals surface area contributed by atoms with E-state index in [1.807, 2.05) is 36.6 Å². The maximum Gasteiger partial charge on any atom is 0.349 e. The first kappa shape index (κ1) is 18.3. The molecule has 0 unspecified atom stereocenters. The number of hydrogen-bond acceptors (Lipinski definition) is 5. The smallest absolute Gasteiger partial charge is 0.349 e. The van der Waals surface area contributed by atoms with Crippen molar-refractivity contribution >= 4 is 39.7 Å². The Morgan fingerprint density at radius 2 is 2.00 bits per heavy atom. The highest BCUT2D eigenvalue weighted by Crippen LogP contribution is 2.21. The minimum Gasteiger partial charge on any atom is -0.422 e. The number of fused-ring (bicyclic) bond motifs is 2. The summed E-state index contributed by atoms with van der Waals surface area (Å²) in [5, 5.41) is 3.65. The van der Waals surface area contributed by atoms with Crippen LogP contribution in [0.4, 0.5) is 0 Å². The summed E-state index contributed by atoms with van der Waals surface area (Å²) in [7, 11) is 0. The number of imidazole rings is 1. The van der Waals surface area contributed by atoms with E-state index in [1.165, 1.54) is 0 Å². The number of rotatable bonds is 6. The fourth-order valence-corrected chi connectivity index (χ4v) is 3.58. The predicted molar refractivity (Wildman–Crippen MR) is 112 cm³/mol. The van der Waals surface area contributed by atoms with E-state index in [9.17, 15) is 9.59 Å². The van der Waals surface area contributed by atoms with Gasteiger partial charge in [0.1, 0.15) is 17.0 Å². The zero-order valence-electron chi connectivity index (χ0n) is 15.3. The molecule has 0 aliphatic carbocycles. The first-order chi connectivity index (χ1) is 13.7. The average Bonchev–Trinajstić information content (AvgIpc) is 3.14. The number of H-pyrrole nitrogens is 1. The Morgan fingerprint density at radius 1 is 1.21 bits per heavy atom. The van der Waals surface area contributed by atoms with Crippen LogP contribution in [-0.4, -0.2) is 27.9 Å². The van der Waals surface area contributed by atoms with Crippen LogP contribution >= 0.6 is 11.8 Å². The number of hydrogen-bond donors (Lipinski definition) is 2. The van der Waals surface area contributed by atoms with Gasteiger partial charge in [-0.1, -0.05) is 30.3 Å². The summed E-state index contributed by atoms with van der Waals surface area (Å²) < 4.78 is 5.29. The second-order valence-electron chi connectivity index (χ2n) is 6.43. The van der Waals surface area contributed by atoms with Crippen molar-refractivity contribution in [3.05, 3.63) is 76.4 Å². The molecule has 2 heterocycles. The van der Waals surface area contributed by atoms with Crippen molar-refractivity contribution in [3.8, 4) is 0 Å². The summed E-state index contributed by atoms with van der Waals surface area (Å²) in [6, 6.07) is 16.1. The minimum atomic E-state index is -0.649. The van der Waals surface area contributed by atoms with Gasteiger partial charge in [0.05, 0.1) is 17.1 Å². The van der Waals surface area contributed by atoms with E-state index in [0.29, 0.717) is 23.2 Å². The van der Waals surface area contributed by atoms with Crippen molar-refractivity contribution in [2.75, 3.05) is 12.0 Å². The van der Waals surface area contributed by atoms with Crippen molar-refractivity contribution in [2.24, 2.45) is 0 Å². The topological polar surface area (TPSA) is 88.0 Å². The van der Waals surface area contributed by atoms with E-state index in [-0.39, 0.29) is 11.6 Å². The average molecular weight is 393 g/mol. The third kappa shape index (κ3) is 3.66. The Bertz CT molecular complexity index is 1170. The largest absolute Gasteiger partial charge is 0.422 e. The Labute approximate surface area is 165 Å². The zero-order valence-corrected chi connectivity index (χ0v) is 16.1. The van der Waals surface area contributed by atoms with E-state index < -0.39 is 11.5 Å². The Kier molecular flexibility index (Phi) is 5.16. The van der Waals surface area contributed by atoms with Crippen molar-refractivity contribution in [1.82, 2.24) is 15.3 Å². The number of para-hydroxylation sites is 3. The standard InChI is InChI=1S/C21H19N3O3S/c1-28-11-10-17(19-22-15-7-3-4-8-16(15)23-19)24-20(25)14-12-13-6-2-5-9-18(13)27-21(14)26/h2-9,12,17H,10-11H2,1H3,(H,22,23)(H,24,25)/t17-/m0/s1. The third-order valence-corrected chi connectivity index (χ3v) is 5.18. The molecule has 142 valence electrons. The molecule has 7 heteroatoms. The number of aromatic nitrogens is 2. The summed E-state index contributed by atoms with van der Waals surface area (Å²) in [6.45, 7) is 0. The minimum absolute atomic E-state index is 0.0102. The molecule has 0 aliphatic heterocycles. The molecular weight excluding hydrogens is 374 g/mol. The van der Waals surface area contributed by atoms with Crippen LogP contribution < -0.4 is 10.9 Å². The van der Waals surface area contributed by atoms with Crippen molar-refractivity contribution in [2.45, 2.75) is 12.5 Å². The van der Waals surface area contributed by atoms with Gasteiger partial charge in [-0.05, 0) is 42.7 Å². The lowest BCUT2D eigenvalue weighted by Crippen LogP contribution is -2.32. The molecule has 1 atom stereocenters. The lowest BCUT2D eigenvalue weighted by molar-refractivity contribution is 0.0930. The molecule has 0 bridgehead atoms. The molecule has 0 radical (unpaired) electrons. The second kappa shape index (κ2) is 7.90. The van der Waals surface area contributed by atoms with Crippen LogP contribution in [0.3, 0.4) is 0 Å². The van der Waals surface area contributed by atoms with Gasteiger partial charge in [0.2, 0.25) is 0 Å². The second-order valence-corrected chi connectivity index (χ2v) is 7.42. The van der Waals surface area contributed by atoms with Gasteiger partial charge < -0.3 is 14.7 Å². The fraction of sp³-hybridized carbons (Fsp3) is 0.190. The van der Waals surface area contributed by atoms with Crippen LogP contribution in [0.5, 0.6) is 0 Å².